The number of likely N-dealkylation sites (tertiary alicyclic amines) is 1. The van der Waals surface area contributed by atoms with Gasteiger partial charge >= 0.3 is 0 Å². The van der Waals surface area contributed by atoms with Crippen molar-refractivity contribution in [2.75, 3.05) is 18.4 Å². The molecule has 2 atom stereocenters. The third-order valence-corrected chi connectivity index (χ3v) is 7.23. The fraction of sp³-hybridized carbons (Fsp3) is 0.357. The molecule has 2 fully saturated rings. The van der Waals surface area contributed by atoms with Gasteiger partial charge in [-0.25, -0.2) is 4.39 Å². The van der Waals surface area contributed by atoms with Crippen molar-refractivity contribution < 1.29 is 4.39 Å². The minimum absolute atomic E-state index is 0.110. The number of nitrogens with one attached hydrogen (secondary N) is 2. The van der Waals surface area contributed by atoms with E-state index >= 15 is 4.39 Å². The van der Waals surface area contributed by atoms with Crippen molar-refractivity contribution in [1.29, 1.82) is 0 Å². The molecule has 2 aromatic carbocycles. The lowest BCUT2D eigenvalue weighted by Crippen LogP contribution is -2.38. The molecule has 1 saturated heterocycles. The second-order valence-corrected chi connectivity index (χ2v) is 9.56. The van der Waals surface area contributed by atoms with Gasteiger partial charge in [0.2, 0.25) is 0 Å². The van der Waals surface area contributed by atoms with E-state index in [4.69, 9.17) is 5.73 Å². The molecule has 1 saturated carbocycles. The average molecular weight is 445 g/mol. The summed E-state index contributed by atoms with van der Waals surface area (Å²) in [4.78, 5) is 2.25. The quantitative estimate of drug-likeness (QED) is 0.516. The van der Waals surface area contributed by atoms with E-state index in [-0.39, 0.29) is 17.9 Å². The number of allylic oxidation sites excluding steroid dienone is 1. The van der Waals surface area contributed by atoms with Gasteiger partial charge in [-0.3, -0.25) is 0 Å². The summed E-state index contributed by atoms with van der Waals surface area (Å²) in [6.07, 6.45) is 4.99. The number of halogens is 1. The van der Waals surface area contributed by atoms with E-state index in [1.54, 1.807) is 6.07 Å². The molecule has 2 unspecified atom stereocenters. The van der Waals surface area contributed by atoms with Crippen molar-refractivity contribution in [3.05, 3.63) is 101 Å². The Balaban J connectivity index is 1.51. The highest BCUT2D eigenvalue weighted by molar-refractivity contribution is 5.65. The highest BCUT2D eigenvalue weighted by Crippen LogP contribution is 2.43. The van der Waals surface area contributed by atoms with Crippen LogP contribution < -0.4 is 16.4 Å². The van der Waals surface area contributed by atoms with Crippen molar-refractivity contribution in [3.8, 4) is 0 Å². The van der Waals surface area contributed by atoms with Gasteiger partial charge in [0, 0.05) is 42.3 Å². The van der Waals surface area contributed by atoms with Crippen LogP contribution in [0.15, 0.2) is 73.2 Å². The summed E-state index contributed by atoms with van der Waals surface area (Å²) in [5.74, 6) is 0.268. The first kappa shape index (κ1) is 21.8. The largest absolute Gasteiger partial charge is 0.376 e. The van der Waals surface area contributed by atoms with E-state index in [0.717, 1.165) is 78.1 Å². The monoisotopic (exact) mass is 444 g/mol. The molecule has 3 aliphatic rings. The Morgan fingerprint density at radius 1 is 1.21 bits per heavy atom. The van der Waals surface area contributed by atoms with Gasteiger partial charge in [-0.1, -0.05) is 44.0 Å². The average Bonchev–Trinajstić information content (AvgIpc) is 3.38. The maximum atomic E-state index is 15.1. The zero-order valence-electron chi connectivity index (χ0n) is 19.2. The van der Waals surface area contributed by atoms with Gasteiger partial charge in [-0.2, -0.15) is 0 Å². The van der Waals surface area contributed by atoms with Gasteiger partial charge in [0.1, 0.15) is 5.82 Å². The molecule has 1 aliphatic carbocycles. The lowest BCUT2D eigenvalue weighted by Gasteiger charge is -2.33. The molecule has 5 heteroatoms. The molecule has 0 aromatic heterocycles. The minimum atomic E-state index is -0.212. The van der Waals surface area contributed by atoms with Crippen LogP contribution in [0, 0.1) is 5.82 Å². The summed E-state index contributed by atoms with van der Waals surface area (Å²) in [5, 5.41) is 7.07. The molecule has 2 aromatic rings. The SMILES string of the molecule is C=C1Cc2c(cccc2C(NC(=C)C2CCCN2C(=C)CN)c2ccc(C3CC3)c(F)c2)N1. The van der Waals surface area contributed by atoms with Gasteiger partial charge in [0.25, 0.3) is 0 Å². The second kappa shape index (κ2) is 8.71. The number of hydrogen-bond donors (Lipinski definition) is 3. The lowest BCUT2D eigenvalue weighted by molar-refractivity contribution is 0.337. The Hall–Kier alpha value is -3.05. The fourth-order valence-electron chi connectivity index (χ4n) is 5.33. The van der Waals surface area contributed by atoms with Crippen molar-refractivity contribution in [2.24, 2.45) is 5.73 Å². The van der Waals surface area contributed by atoms with Gasteiger partial charge in [0.15, 0.2) is 0 Å². The van der Waals surface area contributed by atoms with Crippen LogP contribution in [-0.2, 0) is 6.42 Å². The number of benzene rings is 2. The number of hydrogen-bond acceptors (Lipinski definition) is 4. The van der Waals surface area contributed by atoms with Gasteiger partial charge in [-0.15, -0.1) is 0 Å². The molecule has 2 aliphatic heterocycles. The number of rotatable bonds is 8. The van der Waals surface area contributed by atoms with Gasteiger partial charge in [-0.05, 0) is 66.0 Å². The Bertz CT molecular complexity index is 1120. The number of anilines is 1. The highest BCUT2D eigenvalue weighted by Gasteiger charge is 2.32. The summed E-state index contributed by atoms with van der Waals surface area (Å²) in [6, 6.07) is 11.9. The van der Waals surface area contributed by atoms with Crippen LogP contribution in [0.3, 0.4) is 0 Å². The summed E-state index contributed by atoms with van der Waals surface area (Å²) in [5.41, 5.74) is 13.9. The van der Waals surface area contributed by atoms with Crippen LogP contribution in [0.4, 0.5) is 10.1 Å². The van der Waals surface area contributed by atoms with Crippen LogP contribution in [0.1, 0.15) is 59.9 Å². The van der Waals surface area contributed by atoms with Crippen LogP contribution >= 0.6 is 0 Å². The van der Waals surface area contributed by atoms with E-state index in [1.165, 1.54) is 5.56 Å². The number of nitrogens with zero attached hydrogens (tertiary/aromatic N) is 1. The molecule has 33 heavy (non-hydrogen) atoms. The zero-order chi connectivity index (χ0) is 23.1. The van der Waals surface area contributed by atoms with E-state index in [2.05, 4.69) is 53.5 Å². The Morgan fingerprint density at radius 2 is 2.03 bits per heavy atom. The summed E-state index contributed by atoms with van der Waals surface area (Å²) < 4.78 is 15.1. The Kier molecular flexibility index (Phi) is 5.75. The van der Waals surface area contributed by atoms with Crippen molar-refractivity contribution in [2.45, 2.75) is 50.1 Å². The molecular formula is C28H33FN4. The molecule has 0 bridgehead atoms. The van der Waals surface area contributed by atoms with Crippen molar-refractivity contribution >= 4 is 5.69 Å². The predicted octanol–water partition coefficient (Wildman–Crippen LogP) is 5.31. The van der Waals surface area contributed by atoms with Crippen LogP contribution in [-0.4, -0.2) is 24.0 Å². The molecule has 5 rings (SSSR count). The molecule has 4 N–H and O–H groups in total. The highest BCUT2D eigenvalue weighted by atomic mass is 19.1. The molecule has 172 valence electrons. The minimum Gasteiger partial charge on any atom is -0.376 e. The molecule has 0 spiro atoms. The normalized spacial score (nSPS) is 20.4. The van der Waals surface area contributed by atoms with Gasteiger partial charge < -0.3 is 21.3 Å². The third kappa shape index (κ3) is 4.18. The van der Waals surface area contributed by atoms with Crippen molar-refractivity contribution in [1.82, 2.24) is 10.2 Å². The smallest absolute Gasteiger partial charge is 0.127 e. The molecular weight excluding hydrogens is 411 g/mol. The first-order chi connectivity index (χ1) is 16.0. The molecule has 2 heterocycles. The van der Waals surface area contributed by atoms with E-state index < -0.39 is 0 Å². The number of nitrogens with two attached hydrogens (primary N) is 1. The molecule has 0 amide bonds. The van der Waals surface area contributed by atoms with E-state index in [1.807, 2.05) is 12.1 Å². The topological polar surface area (TPSA) is 53.3 Å². The van der Waals surface area contributed by atoms with Crippen molar-refractivity contribution in [3.63, 3.8) is 0 Å². The summed E-state index contributed by atoms with van der Waals surface area (Å²) >= 11 is 0. The van der Waals surface area contributed by atoms with Gasteiger partial charge in [0.05, 0.1) is 12.1 Å². The fourth-order valence-corrected chi connectivity index (χ4v) is 5.33. The molecule has 0 radical (unpaired) electrons. The summed E-state index contributed by atoms with van der Waals surface area (Å²) in [6.45, 7) is 14.0. The Morgan fingerprint density at radius 3 is 2.76 bits per heavy atom. The first-order valence-electron chi connectivity index (χ1n) is 11.9. The number of fused-ring (bicyclic) bond motifs is 1. The maximum Gasteiger partial charge on any atom is 0.127 e. The van der Waals surface area contributed by atoms with E-state index in [9.17, 15) is 0 Å². The first-order valence-corrected chi connectivity index (χ1v) is 11.9. The Labute approximate surface area is 196 Å². The second-order valence-electron chi connectivity index (χ2n) is 9.56. The standard InChI is InChI=1S/C28H33FN4/c1-17-14-24-23(6-4-7-26(24)31-17)28(21-11-12-22(20-9-10-20)25(29)15-21)32-19(3)27-8-5-13-33(27)18(2)16-30/h4,6-7,11-12,15,20,27-28,31-32H,1-3,5,8-10,13-14,16,30H2. The third-order valence-electron chi connectivity index (χ3n) is 7.23. The van der Waals surface area contributed by atoms with Crippen LogP contribution in [0.2, 0.25) is 0 Å². The van der Waals surface area contributed by atoms with Crippen LogP contribution in [0.5, 0.6) is 0 Å². The summed E-state index contributed by atoms with van der Waals surface area (Å²) in [7, 11) is 0. The van der Waals surface area contributed by atoms with E-state index in [0.29, 0.717) is 12.5 Å². The molecule has 4 nitrogen and oxygen atoms in total. The van der Waals surface area contributed by atoms with Crippen LogP contribution in [0.25, 0.3) is 0 Å². The lowest BCUT2D eigenvalue weighted by atomic mass is 9.91. The maximum absolute atomic E-state index is 15.1. The zero-order valence-corrected chi connectivity index (χ0v) is 19.2. The predicted molar refractivity (Wildman–Crippen MR) is 133 cm³/mol.